The van der Waals surface area contributed by atoms with Gasteiger partial charge in [-0.1, -0.05) is 41.4 Å². The zero-order chi connectivity index (χ0) is 21.3. The highest BCUT2D eigenvalue weighted by atomic mass is 35.5. The first-order valence-electron chi connectivity index (χ1n) is 7.91. The second-order valence-corrected chi connectivity index (χ2v) is 8.50. The summed E-state index contributed by atoms with van der Waals surface area (Å²) in [5.74, 6) is -1.09. The normalized spacial score (nSPS) is 14.9. The molecular formula is C17H12Cl2FN3O5S. The van der Waals surface area contributed by atoms with Crippen LogP contribution >= 0.6 is 23.2 Å². The first kappa shape index (κ1) is 21.0. The Hall–Kier alpha value is -2.69. The summed E-state index contributed by atoms with van der Waals surface area (Å²) in [7, 11) is -3.46. The molecule has 1 aromatic carbocycles. The van der Waals surface area contributed by atoms with Gasteiger partial charge >= 0.3 is 11.8 Å². The zero-order valence-electron chi connectivity index (χ0n) is 14.7. The van der Waals surface area contributed by atoms with Crippen molar-refractivity contribution in [2.45, 2.75) is 6.42 Å². The van der Waals surface area contributed by atoms with Crippen molar-refractivity contribution in [1.82, 2.24) is 8.54 Å². The second-order valence-electron chi connectivity index (χ2n) is 5.77. The highest BCUT2D eigenvalue weighted by Gasteiger charge is 2.29. The number of hydrogen-bond donors (Lipinski definition) is 0. The minimum atomic E-state index is -4.52. The highest BCUT2D eigenvalue weighted by Crippen LogP contribution is 2.33. The van der Waals surface area contributed by atoms with Crippen LogP contribution in [0.5, 0.6) is 5.75 Å². The average Bonchev–Trinajstić information content (AvgIpc) is 3.01. The fourth-order valence-corrected chi connectivity index (χ4v) is 4.72. The summed E-state index contributed by atoms with van der Waals surface area (Å²) >= 11 is 11.7. The molecule has 1 amide bonds. The standard InChI is InChI=1S/C17H12Cl2FN3O5S/c1-22-15(21-16(24)28-11-5-3-2-4-6-11)13(20)9-23(17(22)25)29(26,27)14-8-10(18)7-12(14)19/h2-6,8-9H,7H2,1H3. The Bertz CT molecular complexity index is 1290. The van der Waals surface area contributed by atoms with Gasteiger partial charge in [0.05, 0.1) is 6.20 Å². The molecule has 0 saturated carbocycles. The predicted octanol–water partition coefficient (Wildman–Crippen LogP) is 2.58. The van der Waals surface area contributed by atoms with Crippen LogP contribution in [0.1, 0.15) is 6.42 Å². The summed E-state index contributed by atoms with van der Waals surface area (Å²) in [5, 5.41) is 0.0481. The predicted molar refractivity (Wildman–Crippen MR) is 103 cm³/mol. The smallest absolute Gasteiger partial charge is 0.409 e. The van der Waals surface area contributed by atoms with E-state index in [1.807, 2.05) is 0 Å². The van der Waals surface area contributed by atoms with Gasteiger partial charge in [0.2, 0.25) is 0 Å². The topological polar surface area (TPSA) is 99.7 Å². The van der Waals surface area contributed by atoms with Crippen LogP contribution in [0.15, 0.2) is 67.4 Å². The number of hydrogen-bond acceptors (Lipinski definition) is 5. The number of nitrogens with zero attached hydrogens (tertiary/aromatic N) is 3. The Morgan fingerprint density at radius 1 is 1.24 bits per heavy atom. The van der Waals surface area contributed by atoms with Gasteiger partial charge in [-0.25, -0.2) is 22.4 Å². The molecular weight excluding hydrogens is 448 g/mol. The minimum absolute atomic E-state index is 0.0141. The molecule has 3 rings (SSSR count). The van der Waals surface area contributed by atoms with Crippen LogP contribution in [-0.2, 0) is 17.1 Å². The number of rotatable bonds is 3. The Kier molecular flexibility index (Phi) is 5.78. The van der Waals surface area contributed by atoms with Crippen LogP contribution in [0, 0.1) is 5.82 Å². The minimum Gasteiger partial charge on any atom is -0.409 e. The maximum absolute atomic E-state index is 14.5. The molecule has 2 aromatic rings. The summed E-state index contributed by atoms with van der Waals surface area (Å²) in [5.41, 5.74) is -1.88. The van der Waals surface area contributed by atoms with Crippen molar-refractivity contribution in [2.75, 3.05) is 0 Å². The first-order valence-corrected chi connectivity index (χ1v) is 10.1. The molecule has 1 aromatic heterocycles. The van der Waals surface area contributed by atoms with Gasteiger partial charge in [-0.3, -0.25) is 4.57 Å². The molecule has 0 spiro atoms. The maximum Gasteiger partial charge on any atom is 0.441 e. The Morgan fingerprint density at radius 2 is 1.90 bits per heavy atom. The third kappa shape index (κ3) is 4.19. The lowest BCUT2D eigenvalue weighted by molar-refractivity contribution is 0.209. The molecule has 0 N–H and O–H groups in total. The lowest BCUT2D eigenvalue weighted by Gasteiger charge is -2.10. The fraction of sp³-hybridized carbons (Fsp3) is 0.118. The van der Waals surface area contributed by atoms with E-state index in [0.29, 0.717) is 10.8 Å². The van der Waals surface area contributed by atoms with Gasteiger partial charge in [-0.2, -0.15) is 8.96 Å². The van der Waals surface area contributed by atoms with Crippen molar-refractivity contribution in [1.29, 1.82) is 0 Å². The van der Waals surface area contributed by atoms with E-state index in [1.54, 1.807) is 18.2 Å². The van der Waals surface area contributed by atoms with Crippen LogP contribution < -0.4 is 15.9 Å². The molecule has 8 nitrogen and oxygen atoms in total. The summed E-state index contributed by atoms with van der Waals surface area (Å²) < 4.78 is 45.6. The molecule has 0 unspecified atom stereocenters. The second kappa shape index (κ2) is 7.97. The number of allylic oxidation sites excluding steroid dienone is 3. The van der Waals surface area contributed by atoms with E-state index >= 15 is 0 Å². The summed E-state index contributed by atoms with van der Waals surface area (Å²) in [6.07, 6.45) is 0.282. The van der Waals surface area contributed by atoms with Gasteiger partial charge in [0.1, 0.15) is 10.7 Å². The van der Waals surface area contributed by atoms with Gasteiger partial charge in [0.15, 0.2) is 11.3 Å². The molecule has 0 radical (unpaired) electrons. The molecule has 0 saturated heterocycles. The van der Waals surface area contributed by atoms with Crippen molar-refractivity contribution in [3.05, 3.63) is 79.4 Å². The maximum atomic E-state index is 14.5. The molecule has 1 heterocycles. The van der Waals surface area contributed by atoms with Crippen LogP contribution in [0.25, 0.3) is 0 Å². The van der Waals surface area contributed by atoms with E-state index in [2.05, 4.69) is 4.99 Å². The molecule has 0 aliphatic heterocycles. The number of aromatic nitrogens is 2. The van der Waals surface area contributed by atoms with Gasteiger partial charge < -0.3 is 4.74 Å². The monoisotopic (exact) mass is 459 g/mol. The Balaban J connectivity index is 2.07. The van der Waals surface area contributed by atoms with Crippen molar-refractivity contribution >= 4 is 39.3 Å². The molecule has 0 atom stereocenters. The van der Waals surface area contributed by atoms with Crippen molar-refractivity contribution in [3.63, 3.8) is 0 Å². The van der Waals surface area contributed by atoms with Gasteiger partial charge in [-0.05, 0) is 18.2 Å². The summed E-state index contributed by atoms with van der Waals surface area (Å²) in [4.78, 5) is 27.4. The number of ether oxygens (including phenoxy) is 1. The molecule has 152 valence electrons. The van der Waals surface area contributed by atoms with Crippen molar-refractivity contribution in [2.24, 2.45) is 12.0 Å². The van der Waals surface area contributed by atoms with E-state index in [4.69, 9.17) is 27.9 Å². The SMILES string of the molecule is Cn1c(=NC(=O)Oc2ccccc2)c(F)cn(S(=O)(=O)C2=C(Cl)CC(Cl)=C2)c1=O. The molecule has 0 bridgehead atoms. The largest absolute Gasteiger partial charge is 0.441 e. The lowest BCUT2D eigenvalue weighted by atomic mass is 10.3. The number of carbonyl (C=O) groups excluding carboxylic acids is 1. The molecule has 0 fully saturated rings. The van der Waals surface area contributed by atoms with Gasteiger partial charge in [-0.15, -0.1) is 0 Å². The molecule has 1 aliphatic rings. The number of benzene rings is 1. The highest BCUT2D eigenvalue weighted by molar-refractivity contribution is 7.94. The third-order valence-corrected chi connectivity index (χ3v) is 6.19. The molecule has 29 heavy (non-hydrogen) atoms. The number of para-hydroxylation sites is 1. The summed E-state index contributed by atoms with van der Waals surface area (Å²) in [6.45, 7) is 0. The molecule has 12 heteroatoms. The van der Waals surface area contributed by atoms with Crippen molar-refractivity contribution in [3.8, 4) is 5.75 Å². The Morgan fingerprint density at radius 3 is 2.48 bits per heavy atom. The number of carbonyl (C=O) groups is 1. The lowest BCUT2D eigenvalue weighted by Crippen LogP contribution is -2.43. The van der Waals surface area contributed by atoms with E-state index in [-0.39, 0.29) is 26.2 Å². The van der Waals surface area contributed by atoms with Gasteiger partial charge in [0.25, 0.3) is 10.0 Å². The zero-order valence-corrected chi connectivity index (χ0v) is 17.0. The number of amides is 1. The van der Waals surface area contributed by atoms with Crippen LogP contribution in [0.4, 0.5) is 9.18 Å². The number of halogens is 3. The van der Waals surface area contributed by atoms with E-state index in [9.17, 15) is 22.4 Å². The van der Waals surface area contributed by atoms with Gasteiger partial charge in [0, 0.05) is 23.5 Å². The van der Waals surface area contributed by atoms with Crippen molar-refractivity contribution < 1.29 is 22.3 Å². The van der Waals surface area contributed by atoms with Crippen LogP contribution in [0.3, 0.4) is 0 Å². The van der Waals surface area contributed by atoms with Crippen LogP contribution in [0.2, 0.25) is 0 Å². The summed E-state index contributed by atoms with van der Waals surface area (Å²) in [6, 6.07) is 7.87. The van der Waals surface area contributed by atoms with Crippen LogP contribution in [-0.4, -0.2) is 23.1 Å². The third-order valence-electron chi connectivity index (χ3n) is 3.80. The van der Waals surface area contributed by atoms with E-state index in [0.717, 1.165) is 13.1 Å². The molecule has 1 aliphatic carbocycles. The van der Waals surface area contributed by atoms with E-state index < -0.39 is 38.0 Å². The first-order chi connectivity index (χ1) is 13.6. The average molecular weight is 460 g/mol. The Labute approximate surface area is 173 Å². The van der Waals surface area contributed by atoms with E-state index in [1.165, 1.54) is 12.1 Å². The quantitative estimate of drug-likeness (QED) is 0.701. The fourth-order valence-electron chi connectivity index (χ4n) is 2.44.